The fourth-order valence-corrected chi connectivity index (χ4v) is 3.27. The number of aromatic carboxylic acids is 1. The average Bonchev–Trinajstić information content (AvgIpc) is 3.31. The summed E-state index contributed by atoms with van der Waals surface area (Å²) in [5, 5.41) is 12.5. The van der Waals surface area contributed by atoms with E-state index in [1.165, 1.54) is 12.1 Å². The summed E-state index contributed by atoms with van der Waals surface area (Å²) in [6.45, 7) is 0.780. The summed E-state index contributed by atoms with van der Waals surface area (Å²) in [7, 11) is 0. The number of benzene rings is 2. The molecule has 2 heterocycles. The highest BCUT2D eigenvalue weighted by Crippen LogP contribution is 2.23. The van der Waals surface area contributed by atoms with Crippen molar-refractivity contribution in [3.05, 3.63) is 94.3 Å². The number of nitrogens with one attached hydrogen (secondary N) is 1. The van der Waals surface area contributed by atoms with Gasteiger partial charge in [0.05, 0.1) is 17.3 Å². The van der Waals surface area contributed by atoms with Crippen LogP contribution >= 0.6 is 11.6 Å². The van der Waals surface area contributed by atoms with Gasteiger partial charge in [-0.05, 0) is 35.4 Å². The normalized spacial score (nSPS) is 10.9. The van der Waals surface area contributed by atoms with E-state index in [0.717, 1.165) is 16.6 Å². The first-order valence-electron chi connectivity index (χ1n) is 8.93. The molecule has 146 valence electrons. The van der Waals surface area contributed by atoms with Crippen molar-refractivity contribution in [2.24, 2.45) is 0 Å². The molecule has 6 nitrogen and oxygen atoms in total. The van der Waals surface area contributed by atoms with Gasteiger partial charge < -0.3 is 19.4 Å². The van der Waals surface area contributed by atoms with E-state index in [0.29, 0.717) is 22.8 Å². The van der Waals surface area contributed by atoms with Crippen LogP contribution in [-0.2, 0) is 13.1 Å². The average molecular weight is 409 g/mol. The zero-order valence-corrected chi connectivity index (χ0v) is 16.0. The van der Waals surface area contributed by atoms with Crippen molar-refractivity contribution in [1.82, 2.24) is 9.88 Å². The number of carboxylic acid groups (broad SMARTS) is 1. The second-order valence-corrected chi connectivity index (χ2v) is 7.03. The molecule has 0 aliphatic carbocycles. The van der Waals surface area contributed by atoms with E-state index in [4.69, 9.17) is 21.1 Å². The second-order valence-electron chi connectivity index (χ2n) is 6.60. The highest BCUT2D eigenvalue weighted by molar-refractivity contribution is 6.30. The maximum absolute atomic E-state index is 12.8. The Balaban J connectivity index is 1.54. The molecule has 7 heteroatoms. The van der Waals surface area contributed by atoms with Crippen molar-refractivity contribution in [3.63, 3.8) is 0 Å². The smallest absolute Gasteiger partial charge is 0.335 e. The standard InChI is InChI=1S/C22H17ClN2O4/c23-17-7-3-15(4-8-17)13-25-18-9-10-29-20(18)11-19(25)21(26)24-12-14-1-5-16(6-2-14)22(27)28/h1-11H,12-13H2,(H,24,26)(H,27,28). The molecule has 0 saturated heterocycles. The molecule has 2 aromatic heterocycles. The molecule has 0 radical (unpaired) electrons. The van der Waals surface area contributed by atoms with Gasteiger partial charge in [-0.3, -0.25) is 4.79 Å². The van der Waals surface area contributed by atoms with Crippen molar-refractivity contribution in [3.8, 4) is 0 Å². The van der Waals surface area contributed by atoms with Gasteiger partial charge >= 0.3 is 5.97 Å². The Hall–Kier alpha value is -3.51. The Bertz CT molecular complexity index is 1170. The molecule has 0 aliphatic rings. The molecule has 1 amide bonds. The minimum atomic E-state index is -0.983. The van der Waals surface area contributed by atoms with Gasteiger partial charge in [-0.1, -0.05) is 35.9 Å². The van der Waals surface area contributed by atoms with Crippen LogP contribution in [0.25, 0.3) is 11.1 Å². The molecule has 2 aromatic carbocycles. The summed E-state index contributed by atoms with van der Waals surface area (Å²) in [6, 6.07) is 17.4. The Kier molecular flexibility index (Phi) is 5.10. The summed E-state index contributed by atoms with van der Waals surface area (Å²) in [4.78, 5) is 23.8. The third kappa shape index (κ3) is 4.02. The van der Waals surface area contributed by atoms with Crippen LogP contribution in [0.15, 0.2) is 71.3 Å². The minimum absolute atomic E-state index is 0.206. The fraction of sp³-hybridized carbons (Fsp3) is 0.0909. The van der Waals surface area contributed by atoms with Crippen LogP contribution in [0, 0.1) is 0 Å². The first kappa shape index (κ1) is 18.8. The SMILES string of the molecule is O=C(O)c1ccc(CNC(=O)c2cc3occc3n2Cc2ccc(Cl)cc2)cc1. The number of nitrogens with zero attached hydrogens (tertiary/aromatic N) is 1. The van der Waals surface area contributed by atoms with Crippen LogP contribution in [0.5, 0.6) is 0 Å². The summed E-state index contributed by atoms with van der Waals surface area (Å²) in [6.07, 6.45) is 1.59. The third-order valence-electron chi connectivity index (χ3n) is 4.66. The highest BCUT2D eigenvalue weighted by atomic mass is 35.5. The van der Waals surface area contributed by atoms with Crippen LogP contribution in [0.4, 0.5) is 0 Å². The molecule has 29 heavy (non-hydrogen) atoms. The van der Waals surface area contributed by atoms with Gasteiger partial charge in [0.25, 0.3) is 5.91 Å². The number of amides is 1. The van der Waals surface area contributed by atoms with Crippen molar-refractivity contribution in [2.75, 3.05) is 0 Å². The first-order valence-corrected chi connectivity index (χ1v) is 9.30. The molecule has 4 rings (SSSR count). The van der Waals surface area contributed by atoms with Crippen LogP contribution < -0.4 is 5.32 Å². The lowest BCUT2D eigenvalue weighted by Crippen LogP contribution is -2.25. The number of rotatable bonds is 6. The summed E-state index contributed by atoms with van der Waals surface area (Å²) < 4.78 is 7.36. The second kappa shape index (κ2) is 7.85. The van der Waals surface area contributed by atoms with Crippen molar-refractivity contribution >= 4 is 34.6 Å². The molecule has 0 bridgehead atoms. The Morgan fingerprint density at radius 3 is 2.38 bits per heavy atom. The highest BCUT2D eigenvalue weighted by Gasteiger charge is 2.17. The van der Waals surface area contributed by atoms with Crippen LogP contribution in [0.2, 0.25) is 5.02 Å². The van der Waals surface area contributed by atoms with Crippen molar-refractivity contribution in [2.45, 2.75) is 13.1 Å². The van der Waals surface area contributed by atoms with Crippen molar-refractivity contribution < 1.29 is 19.1 Å². The quantitative estimate of drug-likeness (QED) is 0.489. The van der Waals surface area contributed by atoms with E-state index in [1.807, 2.05) is 34.9 Å². The molecule has 0 saturated carbocycles. The number of fused-ring (bicyclic) bond motifs is 1. The molecular weight excluding hydrogens is 392 g/mol. The Morgan fingerprint density at radius 1 is 1.00 bits per heavy atom. The number of aromatic nitrogens is 1. The summed E-state index contributed by atoms with van der Waals surface area (Å²) in [5.74, 6) is -1.23. The Morgan fingerprint density at radius 2 is 1.69 bits per heavy atom. The zero-order chi connectivity index (χ0) is 20.4. The number of halogens is 1. The van der Waals surface area contributed by atoms with Gasteiger partial charge in [0.2, 0.25) is 0 Å². The maximum atomic E-state index is 12.8. The predicted molar refractivity (Wildman–Crippen MR) is 109 cm³/mol. The van der Waals surface area contributed by atoms with E-state index < -0.39 is 5.97 Å². The molecule has 0 unspecified atom stereocenters. The molecule has 2 N–H and O–H groups in total. The fourth-order valence-electron chi connectivity index (χ4n) is 3.15. The number of hydrogen-bond acceptors (Lipinski definition) is 3. The lowest BCUT2D eigenvalue weighted by atomic mass is 10.1. The van der Waals surface area contributed by atoms with Gasteiger partial charge in [0.15, 0.2) is 5.58 Å². The van der Waals surface area contributed by atoms with Gasteiger partial charge in [-0.15, -0.1) is 0 Å². The lowest BCUT2D eigenvalue weighted by Gasteiger charge is -2.11. The number of carbonyl (C=O) groups excluding carboxylic acids is 1. The lowest BCUT2D eigenvalue weighted by molar-refractivity contribution is 0.0696. The van der Waals surface area contributed by atoms with Crippen LogP contribution in [0.3, 0.4) is 0 Å². The third-order valence-corrected chi connectivity index (χ3v) is 4.92. The number of hydrogen-bond donors (Lipinski definition) is 2. The topological polar surface area (TPSA) is 84.5 Å². The van der Waals surface area contributed by atoms with Crippen LogP contribution in [-0.4, -0.2) is 21.6 Å². The molecule has 0 fully saturated rings. The number of furan rings is 1. The summed E-state index contributed by atoms with van der Waals surface area (Å²) >= 11 is 5.96. The molecule has 0 atom stereocenters. The largest absolute Gasteiger partial charge is 0.478 e. The van der Waals surface area contributed by atoms with Gasteiger partial charge in [0, 0.05) is 30.2 Å². The van der Waals surface area contributed by atoms with Gasteiger partial charge in [-0.25, -0.2) is 4.79 Å². The van der Waals surface area contributed by atoms with Crippen LogP contribution in [0.1, 0.15) is 32.0 Å². The first-order chi connectivity index (χ1) is 14.0. The van der Waals surface area contributed by atoms with E-state index in [2.05, 4.69) is 5.32 Å². The number of carbonyl (C=O) groups is 2. The summed E-state index contributed by atoms with van der Waals surface area (Å²) in [5.41, 5.74) is 3.97. The molecular formula is C22H17ClN2O4. The van der Waals surface area contributed by atoms with Gasteiger partial charge in [-0.2, -0.15) is 0 Å². The Labute approximate surface area is 171 Å². The maximum Gasteiger partial charge on any atom is 0.335 e. The predicted octanol–water partition coefficient (Wildman–Crippen LogP) is 4.56. The van der Waals surface area contributed by atoms with E-state index in [9.17, 15) is 9.59 Å². The molecule has 4 aromatic rings. The van der Waals surface area contributed by atoms with Crippen molar-refractivity contribution in [1.29, 1.82) is 0 Å². The number of carboxylic acids is 1. The van der Waals surface area contributed by atoms with E-state index in [1.54, 1.807) is 24.5 Å². The van der Waals surface area contributed by atoms with E-state index in [-0.39, 0.29) is 18.0 Å². The minimum Gasteiger partial charge on any atom is -0.478 e. The van der Waals surface area contributed by atoms with Gasteiger partial charge in [0.1, 0.15) is 5.69 Å². The monoisotopic (exact) mass is 408 g/mol. The molecule has 0 spiro atoms. The zero-order valence-electron chi connectivity index (χ0n) is 15.3. The molecule has 0 aliphatic heterocycles. The van der Waals surface area contributed by atoms with E-state index >= 15 is 0 Å².